The van der Waals surface area contributed by atoms with E-state index in [2.05, 4.69) is 48.6 Å². The van der Waals surface area contributed by atoms with Gasteiger partial charge in [0, 0.05) is 32.4 Å². The van der Waals surface area contributed by atoms with Crippen molar-refractivity contribution in [2.24, 2.45) is 0 Å². The van der Waals surface area contributed by atoms with Gasteiger partial charge in [0.2, 0.25) is 0 Å². The molecule has 0 aromatic heterocycles. The minimum absolute atomic E-state index is 0.0886. The van der Waals surface area contributed by atoms with Crippen molar-refractivity contribution < 1.29 is 9.47 Å². The van der Waals surface area contributed by atoms with Gasteiger partial charge in [0.05, 0.1) is 31.8 Å². The van der Waals surface area contributed by atoms with Gasteiger partial charge >= 0.3 is 0 Å². The van der Waals surface area contributed by atoms with Crippen molar-refractivity contribution in [1.82, 2.24) is 5.32 Å². The second-order valence-corrected chi connectivity index (χ2v) is 5.67. The van der Waals surface area contributed by atoms with Crippen molar-refractivity contribution >= 4 is 5.69 Å². The van der Waals surface area contributed by atoms with Crippen molar-refractivity contribution in [2.75, 3.05) is 52.0 Å². The largest absolute Gasteiger partial charge is 0.379 e. The number of anilines is 1. The fourth-order valence-corrected chi connectivity index (χ4v) is 2.90. The van der Waals surface area contributed by atoms with Crippen LogP contribution in [-0.4, -0.2) is 53.1 Å². The molecule has 1 unspecified atom stereocenters. The molecule has 0 spiro atoms. The summed E-state index contributed by atoms with van der Waals surface area (Å²) >= 11 is 0. The lowest BCUT2D eigenvalue weighted by Gasteiger charge is -2.49. The molecule has 2 aliphatic heterocycles. The minimum Gasteiger partial charge on any atom is -0.379 e. The molecule has 0 aliphatic carbocycles. The van der Waals surface area contributed by atoms with Gasteiger partial charge in [0.25, 0.3) is 0 Å². The van der Waals surface area contributed by atoms with E-state index in [4.69, 9.17) is 9.47 Å². The topological polar surface area (TPSA) is 33.7 Å². The summed E-state index contributed by atoms with van der Waals surface area (Å²) in [6.45, 7) is 4.10. The van der Waals surface area contributed by atoms with Gasteiger partial charge in [-0.2, -0.15) is 0 Å². The lowest BCUT2D eigenvalue weighted by atomic mass is 9.72. The second-order valence-electron chi connectivity index (χ2n) is 5.67. The monoisotopic (exact) mass is 262 g/mol. The van der Waals surface area contributed by atoms with E-state index in [9.17, 15) is 0 Å². The van der Waals surface area contributed by atoms with Crippen molar-refractivity contribution in [3.8, 4) is 0 Å². The first-order valence-electron chi connectivity index (χ1n) is 6.89. The predicted molar refractivity (Wildman–Crippen MR) is 75.9 cm³/mol. The zero-order valence-corrected chi connectivity index (χ0v) is 11.7. The summed E-state index contributed by atoms with van der Waals surface area (Å²) in [6, 6.07) is 9.18. The van der Waals surface area contributed by atoms with E-state index >= 15 is 0 Å². The molecule has 104 valence electrons. The molecule has 1 aromatic carbocycles. The standard InChI is InChI=1S/C15H22N2O2/c1-17(2)13-5-3-12(4-6-13)15(10-19-11-15)14-9-18-8-7-16-14/h3-6,14,16H,7-11H2,1-2H3. The number of nitrogens with zero attached hydrogens (tertiary/aromatic N) is 1. The van der Waals surface area contributed by atoms with Crippen molar-refractivity contribution in [3.05, 3.63) is 29.8 Å². The molecule has 2 heterocycles. The number of rotatable bonds is 3. The summed E-state index contributed by atoms with van der Waals surface area (Å²) < 4.78 is 11.1. The van der Waals surface area contributed by atoms with Crippen molar-refractivity contribution in [1.29, 1.82) is 0 Å². The van der Waals surface area contributed by atoms with E-state index in [1.165, 1.54) is 11.3 Å². The molecular formula is C15H22N2O2. The Morgan fingerprint density at radius 2 is 1.89 bits per heavy atom. The van der Waals surface area contributed by atoms with Crippen LogP contribution in [0.3, 0.4) is 0 Å². The average molecular weight is 262 g/mol. The molecule has 1 atom stereocenters. The van der Waals surface area contributed by atoms with Gasteiger partial charge in [0.1, 0.15) is 0 Å². The highest BCUT2D eigenvalue weighted by Crippen LogP contribution is 2.37. The molecule has 19 heavy (non-hydrogen) atoms. The first-order valence-corrected chi connectivity index (χ1v) is 6.89. The van der Waals surface area contributed by atoms with Crippen molar-refractivity contribution in [2.45, 2.75) is 11.5 Å². The summed E-state index contributed by atoms with van der Waals surface area (Å²) in [6.07, 6.45) is 0. The molecule has 2 saturated heterocycles. The highest BCUT2D eigenvalue weighted by atomic mass is 16.5. The van der Waals surface area contributed by atoms with Crippen LogP contribution >= 0.6 is 0 Å². The third kappa shape index (κ3) is 2.24. The van der Waals surface area contributed by atoms with Crippen LogP contribution in [0.2, 0.25) is 0 Å². The number of morpholine rings is 1. The molecule has 2 aliphatic rings. The molecule has 2 fully saturated rings. The van der Waals surface area contributed by atoms with Gasteiger partial charge < -0.3 is 19.7 Å². The highest BCUT2D eigenvalue weighted by Gasteiger charge is 2.47. The summed E-state index contributed by atoms with van der Waals surface area (Å²) in [7, 11) is 4.13. The smallest absolute Gasteiger partial charge is 0.0630 e. The molecule has 0 amide bonds. The predicted octanol–water partition coefficient (Wildman–Crippen LogP) is 1.01. The van der Waals surface area contributed by atoms with Crippen LogP contribution in [-0.2, 0) is 14.9 Å². The lowest BCUT2D eigenvalue weighted by Crippen LogP contribution is -2.63. The zero-order valence-electron chi connectivity index (χ0n) is 11.7. The van der Waals surface area contributed by atoms with Gasteiger partial charge in [0.15, 0.2) is 0 Å². The Morgan fingerprint density at radius 3 is 2.37 bits per heavy atom. The third-order valence-electron chi connectivity index (χ3n) is 4.27. The van der Waals surface area contributed by atoms with Gasteiger partial charge in [-0.1, -0.05) is 12.1 Å². The third-order valence-corrected chi connectivity index (χ3v) is 4.27. The molecule has 4 nitrogen and oxygen atoms in total. The van der Waals surface area contributed by atoms with Crippen LogP contribution in [0.15, 0.2) is 24.3 Å². The Bertz CT molecular complexity index is 420. The fraction of sp³-hybridized carbons (Fsp3) is 0.600. The van der Waals surface area contributed by atoms with Crippen LogP contribution in [0.4, 0.5) is 5.69 Å². The van der Waals surface area contributed by atoms with E-state index in [-0.39, 0.29) is 5.41 Å². The van der Waals surface area contributed by atoms with Crippen LogP contribution in [0.25, 0.3) is 0 Å². The Labute approximate surface area is 114 Å². The number of ether oxygens (including phenoxy) is 2. The maximum atomic E-state index is 5.62. The number of hydrogen-bond donors (Lipinski definition) is 1. The lowest BCUT2D eigenvalue weighted by molar-refractivity contribution is -0.101. The van der Waals surface area contributed by atoms with Gasteiger partial charge in [-0.05, 0) is 17.7 Å². The second kappa shape index (κ2) is 5.12. The molecule has 1 N–H and O–H groups in total. The molecule has 3 rings (SSSR count). The Kier molecular flexibility index (Phi) is 3.48. The van der Waals surface area contributed by atoms with E-state index in [1.54, 1.807) is 0 Å². The van der Waals surface area contributed by atoms with Crippen LogP contribution in [0.1, 0.15) is 5.56 Å². The quantitative estimate of drug-likeness (QED) is 0.881. The molecule has 0 radical (unpaired) electrons. The minimum atomic E-state index is 0.0886. The first kappa shape index (κ1) is 12.9. The van der Waals surface area contributed by atoms with Gasteiger partial charge in [-0.25, -0.2) is 0 Å². The normalized spacial score (nSPS) is 25.7. The van der Waals surface area contributed by atoms with E-state index in [1.807, 2.05) is 0 Å². The summed E-state index contributed by atoms with van der Waals surface area (Å²) in [5.41, 5.74) is 2.67. The SMILES string of the molecule is CN(C)c1ccc(C2(C3COCCN3)COC2)cc1. The first-order chi connectivity index (χ1) is 9.22. The van der Waals surface area contributed by atoms with E-state index in [0.29, 0.717) is 6.04 Å². The Balaban J connectivity index is 1.84. The number of hydrogen-bond acceptors (Lipinski definition) is 4. The van der Waals surface area contributed by atoms with Crippen LogP contribution < -0.4 is 10.2 Å². The Morgan fingerprint density at radius 1 is 1.16 bits per heavy atom. The molecule has 0 bridgehead atoms. The van der Waals surface area contributed by atoms with Gasteiger partial charge in [-0.3, -0.25) is 0 Å². The fourth-order valence-electron chi connectivity index (χ4n) is 2.90. The summed E-state index contributed by atoms with van der Waals surface area (Å²) in [5.74, 6) is 0. The molecule has 1 aromatic rings. The molecular weight excluding hydrogens is 240 g/mol. The maximum Gasteiger partial charge on any atom is 0.0630 e. The van der Waals surface area contributed by atoms with Crippen molar-refractivity contribution in [3.63, 3.8) is 0 Å². The maximum absolute atomic E-state index is 5.62. The van der Waals surface area contributed by atoms with Crippen LogP contribution in [0, 0.1) is 0 Å². The highest BCUT2D eigenvalue weighted by molar-refractivity contribution is 5.48. The molecule has 0 saturated carbocycles. The van der Waals surface area contributed by atoms with E-state index in [0.717, 1.165) is 33.0 Å². The molecule has 4 heteroatoms. The van der Waals surface area contributed by atoms with Gasteiger partial charge in [-0.15, -0.1) is 0 Å². The number of benzene rings is 1. The van der Waals surface area contributed by atoms with Crippen LogP contribution in [0.5, 0.6) is 0 Å². The summed E-state index contributed by atoms with van der Waals surface area (Å²) in [4.78, 5) is 2.12. The van der Waals surface area contributed by atoms with E-state index < -0.39 is 0 Å². The zero-order chi connectivity index (χ0) is 13.3. The summed E-state index contributed by atoms with van der Waals surface area (Å²) in [5, 5.41) is 3.58. The Hall–Kier alpha value is -1.10. The number of nitrogens with one attached hydrogen (secondary N) is 1. The average Bonchev–Trinajstić information content (AvgIpc) is 2.39.